The average molecular weight is 421 g/mol. The van der Waals surface area contributed by atoms with Gasteiger partial charge in [-0.25, -0.2) is 0 Å². The molecule has 0 bridgehead atoms. The van der Waals surface area contributed by atoms with Gasteiger partial charge in [0, 0.05) is 47.8 Å². The van der Waals surface area contributed by atoms with Crippen molar-refractivity contribution in [2.24, 2.45) is 13.0 Å². The van der Waals surface area contributed by atoms with Crippen molar-refractivity contribution in [2.45, 2.75) is 44.6 Å². The SMILES string of the molecule is CC1=C(c2nnc(CO)o2)c2c(C#CC(O)(C3CC3)C(F)(F)F)cn(C)c(=O)c2C1. The van der Waals surface area contributed by atoms with Crippen LogP contribution in [-0.4, -0.2) is 36.8 Å². The van der Waals surface area contributed by atoms with E-state index in [1.807, 2.05) is 5.92 Å². The Morgan fingerprint density at radius 2 is 2.03 bits per heavy atom. The topological polar surface area (TPSA) is 101 Å². The van der Waals surface area contributed by atoms with Gasteiger partial charge in [-0.1, -0.05) is 17.4 Å². The lowest BCUT2D eigenvalue weighted by atomic mass is 9.95. The van der Waals surface area contributed by atoms with Crippen molar-refractivity contribution >= 4 is 5.57 Å². The van der Waals surface area contributed by atoms with Crippen LogP contribution in [0.1, 0.15) is 48.2 Å². The Kier molecular flexibility index (Phi) is 4.63. The molecule has 2 aromatic heterocycles. The predicted molar refractivity (Wildman–Crippen MR) is 97.9 cm³/mol. The molecule has 2 heterocycles. The third-order valence-electron chi connectivity index (χ3n) is 5.40. The van der Waals surface area contributed by atoms with E-state index < -0.39 is 24.3 Å². The molecule has 10 heteroatoms. The molecule has 158 valence electrons. The molecule has 0 aromatic carbocycles. The molecule has 0 aliphatic heterocycles. The predicted octanol–water partition coefficient (Wildman–Crippen LogP) is 1.69. The molecule has 1 atom stereocenters. The molecular formula is C20H18F3N3O4. The molecule has 0 saturated heterocycles. The highest BCUT2D eigenvalue weighted by atomic mass is 19.4. The van der Waals surface area contributed by atoms with Gasteiger partial charge in [0.25, 0.3) is 5.56 Å². The van der Waals surface area contributed by atoms with Crippen LogP contribution in [0.5, 0.6) is 0 Å². The van der Waals surface area contributed by atoms with Gasteiger partial charge in [0.05, 0.1) is 0 Å². The van der Waals surface area contributed by atoms with Crippen molar-refractivity contribution in [3.63, 3.8) is 0 Å². The number of nitrogens with zero attached hydrogens (tertiary/aromatic N) is 3. The fourth-order valence-electron chi connectivity index (χ4n) is 3.69. The van der Waals surface area contributed by atoms with E-state index in [-0.39, 0.29) is 42.2 Å². The Balaban J connectivity index is 1.89. The highest BCUT2D eigenvalue weighted by molar-refractivity contribution is 5.86. The number of aromatic nitrogens is 3. The van der Waals surface area contributed by atoms with E-state index in [1.165, 1.54) is 17.8 Å². The van der Waals surface area contributed by atoms with Crippen LogP contribution in [0.25, 0.3) is 5.57 Å². The second kappa shape index (κ2) is 6.82. The summed E-state index contributed by atoms with van der Waals surface area (Å²) in [6.45, 7) is 1.26. The number of alkyl halides is 3. The smallest absolute Gasteiger partial charge is 0.418 e. The van der Waals surface area contributed by atoms with Gasteiger partial charge in [-0.2, -0.15) is 13.2 Å². The third kappa shape index (κ3) is 3.14. The molecule has 1 unspecified atom stereocenters. The summed E-state index contributed by atoms with van der Waals surface area (Å²) in [6.07, 6.45) is -2.84. The van der Waals surface area contributed by atoms with Crippen LogP contribution in [0.4, 0.5) is 13.2 Å². The summed E-state index contributed by atoms with van der Waals surface area (Å²) in [5, 5.41) is 27.0. The summed E-state index contributed by atoms with van der Waals surface area (Å²) in [6, 6.07) is 0. The number of hydrogen-bond donors (Lipinski definition) is 2. The molecule has 1 fully saturated rings. The van der Waals surface area contributed by atoms with Crippen molar-refractivity contribution in [2.75, 3.05) is 0 Å². The van der Waals surface area contributed by atoms with Crippen molar-refractivity contribution in [3.05, 3.63) is 50.6 Å². The number of aliphatic hydroxyl groups excluding tert-OH is 1. The summed E-state index contributed by atoms with van der Waals surface area (Å²) in [4.78, 5) is 12.6. The van der Waals surface area contributed by atoms with Crippen LogP contribution in [0.15, 0.2) is 21.0 Å². The number of aryl methyl sites for hydroxylation is 1. The van der Waals surface area contributed by atoms with Crippen molar-refractivity contribution < 1.29 is 27.8 Å². The van der Waals surface area contributed by atoms with Gasteiger partial charge in [0.2, 0.25) is 17.4 Å². The molecule has 2 aromatic rings. The van der Waals surface area contributed by atoms with Gasteiger partial charge in [-0.15, -0.1) is 10.2 Å². The standard InChI is InChI=1S/C20H18F3N3O4/c1-10-7-13-16(15(10)17-25-24-14(9-27)30-17)11(8-26(2)18(13)28)5-6-19(29,12-3-4-12)20(21,22)23/h8,12,27,29H,3-4,7,9H2,1-2H3. The van der Waals surface area contributed by atoms with Gasteiger partial charge in [-0.3, -0.25) is 4.79 Å². The fourth-order valence-corrected chi connectivity index (χ4v) is 3.69. The number of fused-ring (bicyclic) bond motifs is 1. The zero-order valence-corrected chi connectivity index (χ0v) is 16.2. The van der Waals surface area contributed by atoms with E-state index in [2.05, 4.69) is 16.1 Å². The lowest BCUT2D eigenvalue weighted by molar-refractivity contribution is -0.242. The summed E-state index contributed by atoms with van der Waals surface area (Å²) in [7, 11) is 1.48. The van der Waals surface area contributed by atoms with E-state index in [1.54, 1.807) is 6.92 Å². The lowest BCUT2D eigenvalue weighted by Crippen LogP contribution is -2.46. The van der Waals surface area contributed by atoms with E-state index in [9.17, 15) is 28.2 Å². The van der Waals surface area contributed by atoms with Crippen LogP contribution in [0, 0.1) is 17.8 Å². The Morgan fingerprint density at radius 3 is 2.60 bits per heavy atom. The second-order valence-corrected chi connectivity index (χ2v) is 7.59. The van der Waals surface area contributed by atoms with Crippen LogP contribution in [-0.2, 0) is 20.1 Å². The number of aliphatic hydroxyl groups is 2. The Bertz CT molecular complexity index is 1180. The minimum Gasteiger partial charge on any atom is -0.418 e. The summed E-state index contributed by atoms with van der Waals surface area (Å²) in [5.74, 6) is 3.54. The molecule has 2 aliphatic carbocycles. The third-order valence-corrected chi connectivity index (χ3v) is 5.40. The normalized spacial score (nSPS) is 18.1. The van der Waals surface area contributed by atoms with Crippen molar-refractivity contribution in [3.8, 4) is 11.8 Å². The average Bonchev–Trinajstić information content (AvgIpc) is 3.33. The highest BCUT2D eigenvalue weighted by Crippen LogP contribution is 2.48. The van der Waals surface area contributed by atoms with Gasteiger partial charge in [-0.05, 0) is 19.8 Å². The van der Waals surface area contributed by atoms with Gasteiger partial charge in [0.1, 0.15) is 6.61 Å². The van der Waals surface area contributed by atoms with E-state index >= 15 is 0 Å². The monoisotopic (exact) mass is 421 g/mol. The van der Waals surface area contributed by atoms with Crippen molar-refractivity contribution in [1.29, 1.82) is 0 Å². The molecule has 0 spiro atoms. The van der Waals surface area contributed by atoms with Crippen molar-refractivity contribution in [1.82, 2.24) is 14.8 Å². The van der Waals surface area contributed by atoms with Gasteiger partial charge in [0.15, 0.2) is 0 Å². The maximum Gasteiger partial charge on any atom is 0.428 e. The summed E-state index contributed by atoms with van der Waals surface area (Å²) in [5.41, 5.74) is -1.51. The maximum absolute atomic E-state index is 13.5. The number of pyridine rings is 1. The zero-order valence-electron chi connectivity index (χ0n) is 16.2. The largest absolute Gasteiger partial charge is 0.428 e. The minimum absolute atomic E-state index is 0.0320. The maximum atomic E-state index is 13.5. The van der Waals surface area contributed by atoms with Crippen LogP contribution < -0.4 is 5.56 Å². The molecule has 1 saturated carbocycles. The first kappa shape index (κ1) is 20.4. The molecular weight excluding hydrogens is 403 g/mol. The Morgan fingerprint density at radius 1 is 1.33 bits per heavy atom. The number of halogens is 3. The van der Waals surface area contributed by atoms with Gasteiger partial charge >= 0.3 is 6.18 Å². The van der Waals surface area contributed by atoms with E-state index in [4.69, 9.17) is 4.42 Å². The summed E-state index contributed by atoms with van der Waals surface area (Å²) < 4.78 is 47.1. The van der Waals surface area contributed by atoms with E-state index in [0.29, 0.717) is 22.3 Å². The zero-order chi connectivity index (χ0) is 21.8. The highest BCUT2D eigenvalue weighted by Gasteiger charge is 2.61. The molecule has 0 radical (unpaired) electrons. The Labute approximate surface area is 168 Å². The first-order valence-electron chi connectivity index (χ1n) is 9.25. The number of allylic oxidation sites excluding steroid dienone is 1. The van der Waals surface area contributed by atoms with Crippen LogP contribution in [0.2, 0.25) is 0 Å². The second-order valence-electron chi connectivity index (χ2n) is 7.59. The number of hydrogen-bond acceptors (Lipinski definition) is 6. The Hall–Kier alpha value is -2.90. The first-order chi connectivity index (χ1) is 14.1. The molecule has 4 rings (SSSR count). The first-order valence-corrected chi connectivity index (χ1v) is 9.25. The molecule has 0 amide bonds. The molecule has 7 nitrogen and oxygen atoms in total. The van der Waals surface area contributed by atoms with Crippen LogP contribution >= 0.6 is 0 Å². The molecule has 2 N–H and O–H groups in total. The minimum atomic E-state index is -4.90. The molecule has 30 heavy (non-hydrogen) atoms. The quantitative estimate of drug-likeness (QED) is 0.732. The van der Waals surface area contributed by atoms with E-state index in [0.717, 1.165) is 0 Å². The fraction of sp³-hybridized carbons (Fsp3) is 0.450. The van der Waals surface area contributed by atoms with Crippen LogP contribution in [0.3, 0.4) is 0 Å². The number of rotatable bonds is 3. The van der Waals surface area contributed by atoms with Gasteiger partial charge < -0.3 is 19.2 Å². The lowest BCUT2D eigenvalue weighted by Gasteiger charge is -2.24. The molecule has 2 aliphatic rings. The summed E-state index contributed by atoms with van der Waals surface area (Å²) >= 11 is 0.